The van der Waals surface area contributed by atoms with Crippen LogP contribution in [0.2, 0.25) is 0 Å². The minimum atomic E-state index is -1.34. The molecule has 1 aliphatic carbocycles. The van der Waals surface area contributed by atoms with E-state index >= 15 is 0 Å². The number of hydrogen-bond acceptors (Lipinski definition) is 6. The van der Waals surface area contributed by atoms with Gasteiger partial charge in [-0.25, -0.2) is 0 Å². The van der Waals surface area contributed by atoms with Crippen LogP contribution in [0.25, 0.3) is 0 Å². The first kappa shape index (κ1) is 19.1. The predicted molar refractivity (Wildman–Crippen MR) is 92.1 cm³/mol. The molecule has 1 aromatic carbocycles. The van der Waals surface area contributed by atoms with E-state index in [1.807, 2.05) is 0 Å². The number of carboxylic acid groups (broad SMARTS) is 1. The molecule has 1 saturated heterocycles. The number of carbonyl (C=O) groups is 1. The summed E-state index contributed by atoms with van der Waals surface area (Å²) in [5.41, 5.74) is 0.170. The topological polar surface area (TPSA) is 116 Å². The standard InChI is InChI=1S/C19H26O7/c1-25-14-6-5-11(19(18(23)24)7-3-2-4-8-19)9-12(14)17-16(22)15(21)13(20)10-26-17/h5-6,9,13,15-17,20-22H,2-4,7-8,10H2,1H3,(H,23,24)/t13-,15+,16-,17+/m1/s1. The van der Waals surface area contributed by atoms with Crippen molar-refractivity contribution in [1.29, 1.82) is 0 Å². The van der Waals surface area contributed by atoms with E-state index in [-0.39, 0.29) is 6.61 Å². The number of aliphatic hydroxyl groups is 3. The SMILES string of the molecule is COc1ccc(C2(C(=O)O)CCCCC2)cc1[C@@H]1OC[C@@H](O)[C@H](O)[C@H]1O. The fourth-order valence-electron chi connectivity index (χ4n) is 4.12. The van der Waals surface area contributed by atoms with Crippen molar-refractivity contribution in [2.24, 2.45) is 0 Å². The fraction of sp³-hybridized carbons (Fsp3) is 0.632. The molecule has 26 heavy (non-hydrogen) atoms. The number of benzene rings is 1. The molecule has 0 spiro atoms. The van der Waals surface area contributed by atoms with Crippen LogP contribution in [0.15, 0.2) is 18.2 Å². The van der Waals surface area contributed by atoms with Crippen molar-refractivity contribution in [1.82, 2.24) is 0 Å². The highest BCUT2D eigenvalue weighted by molar-refractivity contribution is 5.81. The fourth-order valence-corrected chi connectivity index (χ4v) is 4.12. The predicted octanol–water partition coefficient (Wildman–Crippen LogP) is 1.14. The van der Waals surface area contributed by atoms with Gasteiger partial charge in [0.25, 0.3) is 0 Å². The molecule has 1 aromatic rings. The molecule has 0 radical (unpaired) electrons. The zero-order chi connectivity index (χ0) is 18.9. The summed E-state index contributed by atoms with van der Waals surface area (Å²) < 4.78 is 10.9. The summed E-state index contributed by atoms with van der Waals surface area (Å²) in [7, 11) is 1.48. The molecule has 7 heteroatoms. The number of aliphatic hydroxyl groups excluding tert-OH is 3. The highest BCUT2D eigenvalue weighted by atomic mass is 16.5. The average Bonchev–Trinajstić information content (AvgIpc) is 2.66. The Hall–Kier alpha value is -1.67. The summed E-state index contributed by atoms with van der Waals surface area (Å²) in [6, 6.07) is 5.14. The quantitative estimate of drug-likeness (QED) is 0.631. The number of aliphatic carboxylic acids is 1. The van der Waals surface area contributed by atoms with Gasteiger partial charge >= 0.3 is 5.97 Å². The zero-order valence-corrected chi connectivity index (χ0v) is 14.8. The van der Waals surface area contributed by atoms with Gasteiger partial charge in [-0.3, -0.25) is 4.79 Å². The monoisotopic (exact) mass is 366 g/mol. The van der Waals surface area contributed by atoms with Gasteiger partial charge in [-0.15, -0.1) is 0 Å². The van der Waals surface area contributed by atoms with E-state index in [4.69, 9.17) is 9.47 Å². The molecule has 0 bridgehead atoms. The maximum atomic E-state index is 12.1. The van der Waals surface area contributed by atoms with Gasteiger partial charge in [0.2, 0.25) is 0 Å². The molecule has 1 aliphatic heterocycles. The maximum Gasteiger partial charge on any atom is 0.314 e. The molecule has 0 aromatic heterocycles. The largest absolute Gasteiger partial charge is 0.496 e. The van der Waals surface area contributed by atoms with Crippen molar-refractivity contribution in [2.45, 2.75) is 61.9 Å². The molecule has 2 fully saturated rings. The first-order valence-electron chi connectivity index (χ1n) is 8.98. The van der Waals surface area contributed by atoms with Crippen LogP contribution < -0.4 is 4.74 Å². The summed E-state index contributed by atoms with van der Waals surface area (Å²) in [4.78, 5) is 12.1. The van der Waals surface area contributed by atoms with Crippen LogP contribution in [0.3, 0.4) is 0 Å². The number of ether oxygens (including phenoxy) is 2. The van der Waals surface area contributed by atoms with E-state index in [1.54, 1.807) is 18.2 Å². The van der Waals surface area contributed by atoms with Crippen molar-refractivity contribution in [3.05, 3.63) is 29.3 Å². The van der Waals surface area contributed by atoms with Crippen molar-refractivity contribution in [2.75, 3.05) is 13.7 Å². The lowest BCUT2D eigenvalue weighted by molar-refractivity contribution is -0.189. The van der Waals surface area contributed by atoms with Gasteiger partial charge in [-0.05, 0) is 30.5 Å². The molecular formula is C19H26O7. The second kappa shape index (κ2) is 7.52. The maximum absolute atomic E-state index is 12.1. The number of carboxylic acids is 1. The minimum absolute atomic E-state index is 0.125. The molecule has 0 unspecified atom stereocenters. The van der Waals surface area contributed by atoms with Gasteiger partial charge in [-0.2, -0.15) is 0 Å². The molecule has 1 saturated carbocycles. The van der Waals surface area contributed by atoms with E-state index in [0.717, 1.165) is 19.3 Å². The molecule has 0 amide bonds. The first-order chi connectivity index (χ1) is 12.4. The average molecular weight is 366 g/mol. The van der Waals surface area contributed by atoms with Crippen molar-refractivity contribution in [3.8, 4) is 5.75 Å². The Morgan fingerprint density at radius 1 is 1.15 bits per heavy atom. The lowest BCUT2D eigenvalue weighted by Gasteiger charge is -2.37. The van der Waals surface area contributed by atoms with E-state index in [9.17, 15) is 25.2 Å². The summed E-state index contributed by atoms with van der Waals surface area (Å²) in [6.45, 7) is -0.125. The summed E-state index contributed by atoms with van der Waals surface area (Å²) in [5, 5.41) is 39.9. The Bertz CT molecular complexity index is 653. The Morgan fingerprint density at radius 3 is 2.46 bits per heavy atom. The summed E-state index contributed by atoms with van der Waals surface area (Å²) in [6.07, 6.45) is -0.917. The van der Waals surface area contributed by atoms with Gasteiger partial charge < -0.3 is 29.9 Å². The van der Waals surface area contributed by atoms with Gasteiger partial charge in [0.15, 0.2) is 0 Å². The highest BCUT2D eigenvalue weighted by Gasteiger charge is 2.44. The molecule has 1 heterocycles. The molecular weight excluding hydrogens is 340 g/mol. The Labute approximate surface area is 152 Å². The summed E-state index contributed by atoms with van der Waals surface area (Å²) >= 11 is 0. The Morgan fingerprint density at radius 2 is 1.85 bits per heavy atom. The Balaban J connectivity index is 2.03. The Kier molecular flexibility index (Phi) is 5.53. The first-order valence-corrected chi connectivity index (χ1v) is 8.98. The van der Waals surface area contributed by atoms with Crippen LogP contribution in [0, 0.1) is 0 Å². The molecule has 2 aliphatic rings. The molecule has 4 N–H and O–H groups in total. The molecule has 144 valence electrons. The van der Waals surface area contributed by atoms with E-state index in [1.165, 1.54) is 7.11 Å². The third-order valence-electron chi connectivity index (χ3n) is 5.71. The lowest BCUT2D eigenvalue weighted by atomic mass is 9.69. The van der Waals surface area contributed by atoms with Crippen LogP contribution in [-0.4, -0.2) is 58.4 Å². The second-order valence-corrected chi connectivity index (χ2v) is 7.21. The van der Waals surface area contributed by atoms with Gasteiger partial charge in [0.05, 0.1) is 19.1 Å². The number of hydrogen-bond donors (Lipinski definition) is 4. The number of rotatable bonds is 4. The lowest BCUT2D eigenvalue weighted by Crippen LogP contribution is -2.49. The van der Waals surface area contributed by atoms with Gasteiger partial charge in [-0.1, -0.05) is 25.3 Å². The van der Waals surface area contributed by atoms with Crippen LogP contribution in [0.4, 0.5) is 0 Å². The van der Waals surface area contributed by atoms with E-state index in [2.05, 4.69) is 0 Å². The highest BCUT2D eigenvalue weighted by Crippen LogP contribution is 2.43. The number of methoxy groups -OCH3 is 1. The normalized spacial score (nSPS) is 31.4. The smallest absolute Gasteiger partial charge is 0.314 e. The van der Waals surface area contributed by atoms with Gasteiger partial charge in [0.1, 0.15) is 30.2 Å². The van der Waals surface area contributed by atoms with Crippen LogP contribution in [0.5, 0.6) is 5.75 Å². The second-order valence-electron chi connectivity index (χ2n) is 7.21. The third-order valence-corrected chi connectivity index (χ3v) is 5.71. The zero-order valence-electron chi connectivity index (χ0n) is 14.8. The van der Waals surface area contributed by atoms with Crippen molar-refractivity contribution >= 4 is 5.97 Å². The summed E-state index contributed by atoms with van der Waals surface area (Å²) in [5.74, 6) is -0.411. The van der Waals surface area contributed by atoms with Gasteiger partial charge in [0, 0.05) is 5.56 Å². The molecule has 4 atom stereocenters. The minimum Gasteiger partial charge on any atom is -0.496 e. The van der Waals surface area contributed by atoms with Crippen molar-refractivity contribution in [3.63, 3.8) is 0 Å². The van der Waals surface area contributed by atoms with Crippen LogP contribution in [-0.2, 0) is 14.9 Å². The van der Waals surface area contributed by atoms with E-state index in [0.29, 0.717) is 29.7 Å². The van der Waals surface area contributed by atoms with Crippen LogP contribution >= 0.6 is 0 Å². The van der Waals surface area contributed by atoms with E-state index < -0.39 is 35.8 Å². The third kappa shape index (κ3) is 3.20. The molecule has 7 nitrogen and oxygen atoms in total. The van der Waals surface area contributed by atoms with Crippen LogP contribution in [0.1, 0.15) is 49.3 Å². The molecule has 3 rings (SSSR count). The van der Waals surface area contributed by atoms with Crippen molar-refractivity contribution < 1.29 is 34.7 Å².